The summed E-state index contributed by atoms with van der Waals surface area (Å²) in [5.74, 6) is 5.41. The van der Waals surface area contributed by atoms with E-state index in [2.05, 4.69) is 61.5 Å². The van der Waals surface area contributed by atoms with Crippen LogP contribution in [-0.2, 0) is 18.9 Å². The molecule has 4 aliphatic carbocycles. The van der Waals surface area contributed by atoms with Crippen molar-refractivity contribution < 1.29 is 18.9 Å². The topological polar surface area (TPSA) is 36.9 Å². The SMILES string of the molecule is CC(C)CCCC(C)C1CCC2C3CC=C4C[C@@H](OCCOCCOCCOCCC(C)(C)C)CCC4(C)C3CCC12C. The number of hydrogen-bond acceptors (Lipinski definition) is 4. The second kappa shape index (κ2) is 15.9. The number of allylic oxidation sites excluding steroid dienone is 1. The van der Waals surface area contributed by atoms with Gasteiger partial charge in [-0.05, 0) is 110 Å². The molecular formula is C39H70O4. The zero-order valence-electron chi connectivity index (χ0n) is 29.7. The fraction of sp³-hybridized carbons (Fsp3) is 0.949. The van der Waals surface area contributed by atoms with Crippen LogP contribution >= 0.6 is 0 Å². The van der Waals surface area contributed by atoms with E-state index >= 15 is 0 Å². The van der Waals surface area contributed by atoms with E-state index in [0.29, 0.717) is 62.0 Å². The summed E-state index contributed by atoms with van der Waals surface area (Å²) in [6, 6.07) is 0. The largest absolute Gasteiger partial charge is 0.379 e. The van der Waals surface area contributed by atoms with Crippen molar-refractivity contribution >= 4 is 0 Å². The maximum atomic E-state index is 6.36. The molecule has 43 heavy (non-hydrogen) atoms. The highest BCUT2D eigenvalue weighted by Gasteiger charge is 2.59. The van der Waals surface area contributed by atoms with E-state index in [1.54, 1.807) is 5.57 Å². The van der Waals surface area contributed by atoms with Gasteiger partial charge in [0.05, 0.1) is 45.7 Å². The maximum absolute atomic E-state index is 6.36. The van der Waals surface area contributed by atoms with E-state index in [9.17, 15) is 0 Å². The first kappa shape index (κ1) is 35.4. The van der Waals surface area contributed by atoms with E-state index in [1.807, 2.05) is 0 Å². The minimum Gasteiger partial charge on any atom is -0.379 e. The van der Waals surface area contributed by atoms with Gasteiger partial charge in [0.25, 0.3) is 0 Å². The van der Waals surface area contributed by atoms with Gasteiger partial charge in [0.1, 0.15) is 0 Å². The smallest absolute Gasteiger partial charge is 0.0704 e. The quantitative estimate of drug-likeness (QED) is 0.123. The predicted molar refractivity (Wildman–Crippen MR) is 179 cm³/mol. The van der Waals surface area contributed by atoms with Crippen molar-refractivity contribution in [3.05, 3.63) is 11.6 Å². The molecular weight excluding hydrogens is 532 g/mol. The average molecular weight is 603 g/mol. The van der Waals surface area contributed by atoms with Gasteiger partial charge in [-0.25, -0.2) is 0 Å². The first-order valence-electron chi connectivity index (χ1n) is 18.5. The van der Waals surface area contributed by atoms with E-state index in [4.69, 9.17) is 18.9 Å². The van der Waals surface area contributed by atoms with Crippen molar-refractivity contribution in [3.8, 4) is 0 Å². The summed E-state index contributed by atoms with van der Waals surface area (Å²) in [4.78, 5) is 0. The van der Waals surface area contributed by atoms with Crippen LogP contribution < -0.4 is 0 Å². The normalized spacial score (nSPS) is 34.9. The Morgan fingerprint density at radius 2 is 1.47 bits per heavy atom. The molecule has 4 aliphatic rings. The van der Waals surface area contributed by atoms with Gasteiger partial charge in [0.15, 0.2) is 0 Å². The van der Waals surface area contributed by atoms with Crippen molar-refractivity contribution in [2.45, 2.75) is 139 Å². The van der Waals surface area contributed by atoms with E-state index in [1.165, 1.54) is 64.2 Å². The van der Waals surface area contributed by atoms with E-state index < -0.39 is 0 Å². The van der Waals surface area contributed by atoms with Crippen LogP contribution in [0.15, 0.2) is 11.6 Å². The lowest BCUT2D eigenvalue weighted by Gasteiger charge is -2.58. The standard InChI is InChI=1S/C39H70O4/c1-29(2)10-9-11-30(3)34-14-15-35-33-13-12-31-28-32(16-18-38(31,7)36(33)17-19-39(34,35)8)43-27-26-42-25-24-41-23-22-40-21-20-37(4,5)6/h12,29-30,32-36H,9-11,13-28H2,1-8H3/t30?,32-,33?,34?,35?,36?,38?,39?/m0/s1. The molecule has 0 aliphatic heterocycles. The molecule has 4 rings (SSSR count). The number of fused-ring (bicyclic) bond motifs is 5. The number of ether oxygens (including phenoxy) is 4. The molecule has 0 heterocycles. The molecule has 0 aromatic rings. The van der Waals surface area contributed by atoms with Gasteiger partial charge in [0, 0.05) is 6.61 Å². The Morgan fingerprint density at radius 1 is 0.791 bits per heavy atom. The molecule has 0 radical (unpaired) electrons. The van der Waals surface area contributed by atoms with Crippen molar-refractivity contribution in [2.75, 3.05) is 46.2 Å². The highest BCUT2D eigenvalue weighted by atomic mass is 16.6. The van der Waals surface area contributed by atoms with E-state index in [0.717, 1.165) is 55.0 Å². The number of hydrogen-bond donors (Lipinski definition) is 0. The van der Waals surface area contributed by atoms with Gasteiger partial charge in [-0.1, -0.05) is 86.3 Å². The van der Waals surface area contributed by atoms with Crippen molar-refractivity contribution in [1.29, 1.82) is 0 Å². The third-order valence-corrected chi connectivity index (χ3v) is 12.6. The maximum Gasteiger partial charge on any atom is 0.0704 e. The van der Waals surface area contributed by atoms with Gasteiger partial charge in [0.2, 0.25) is 0 Å². The molecule has 250 valence electrons. The van der Waals surface area contributed by atoms with Gasteiger partial charge >= 0.3 is 0 Å². The van der Waals surface area contributed by atoms with Crippen LogP contribution in [-0.4, -0.2) is 52.4 Å². The van der Waals surface area contributed by atoms with Crippen LogP contribution in [0, 0.1) is 51.8 Å². The molecule has 4 heteroatoms. The van der Waals surface area contributed by atoms with Gasteiger partial charge < -0.3 is 18.9 Å². The summed E-state index contributed by atoms with van der Waals surface area (Å²) < 4.78 is 23.5. The zero-order valence-corrected chi connectivity index (χ0v) is 29.7. The van der Waals surface area contributed by atoms with Crippen molar-refractivity contribution in [1.82, 2.24) is 0 Å². The van der Waals surface area contributed by atoms with E-state index in [-0.39, 0.29) is 0 Å². The van der Waals surface area contributed by atoms with Crippen molar-refractivity contribution in [3.63, 3.8) is 0 Å². The lowest BCUT2D eigenvalue weighted by Crippen LogP contribution is -2.51. The van der Waals surface area contributed by atoms with Crippen LogP contribution in [0.1, 0.15) is 132 Å². The van der Waals surface area contributed by atoms with Crippen LogP contribution in [0.5, 0.6) is 0 Å². The monoisotopic (exact) mass is 603 g/mol. The molecule has 4 nitrogen and oxygen atoms in total. The fourth-order valence-corrected chi connectivity index (χ4v) is 9.99. The van der Waals surface area contributed by atoms with Gasteiger partial charge in [-0.3, -0.25) is 0 Å². The molecule has 0 saturated heterocycles. The Hall–Kier alpha value is -0.420. The molecule has 3 saturated carbocycles. The predicted octanol–water partition coefficient (Wildman–Crippen LogP) is 9.90. The minimum absolute atomic E-state index is 0.327. The number of rotatable bonds is 17. The molecule has 0 bridgehead atoms. The summed E-state index contributed by atoms with van der Waals surface area (Å²) in [6.45, 7) is 24.1. The lowest BCUT2D eigenvalue weighted by atomic mass is 9.47. The first-order chi connectivity index (χ1) is 20.4. The Balaban J connectivity index is 1.15. The average Bonchev–Trinajstić information content (AvgIpc) is 3.30. The molecule has 0 amide bonds. The molecule has 8 atom stereocenters. The second-order valence-electron chi connectivity index (χ2n) is 17.2. The molecule has 7 unspecified atom stereocenters. The third kappa shape index (κ3) is 9.32. The van der Waals surface area contributed by atoms with Crippen LogP contribution in [0.4, 0.5) is 0 Å². The third-order valence-electron chi connectivity index (χ3n) is 12.6. The molecule has 0 aromatic carbocycles. The highest BCUT2D eigenvalue weighted by molar-refractivity contribution is 5.25. The summed E-state index contributed by atoms with van der Waals surface area (Å²) in [5.41, 5.74) is 3.03. The second-order valence-corrected chi connectivity index (χ2v) is 17.2. The summed E-state index contributed by atoms with van der Waals surface area (Å²) in [6.07, 6.45) is 19.2. The van der Waals surface area contributed by atoms with Crippen LogP contribution in [0.25, 0.3) is 0 Å². The Bertz CT molecular complexity index is 860. The minimum atomic E-state index is 0.327. The fourth-order valence-electron chi connectivity index (χ4n) is 9.99. The van der Waals surface area contributed by atoms with Crippen LogP contribution in [0.3, 0.4) is 0 Å². The van der Waals surface area contributed by atoms with Crippen molar-refractivity contribution in [2.24, 2.45) is 51.8 Å². The summed E-state index contributed by atoms with van der Waals surface area (Å²) in [5, 5.41) is 0. The first-order valence-corrected chi connectivity index (χ1v) is 18.5. The summed E-state index contributed by atoms with van der Waals surface area (Å²) >= 11 is 0. The van der Waals surface area contributed by atoms with Gasteiger partial charge in [-0.15, -0.1) is 0 Å². The Morgan fingerprint density at radius 3 is 2.14 bits per heavy atom. The molecule has 3 fully saturated rings. The van der Waals surface area contributed by atoms with Gasteiger partial charge in [-0.2, -0.15) is 0 Å². The van der Waals surface area contributed by atoms with Crippen LogP contribution in [0.2, 0.25) is 0 Å². The molecule has 0 aromatic heterocycles. The Labute approximate surface area is 266 Å². The Kier molecular flexibility index (Phi) is 13.1. The molecule has 0 N–H and O–H groups in total. The lowest BCUT2D eigenvalue weighted by molar-refractivity contribution is -0.0691. The molecule has 0 spiro atoms. The zero-order chi connectivity index (χ0) is 31.1. The highest BCUT2D eigenvalue weighted by Crippen LogP contribution is 2.67. The summed E-state index contributed by atoms with van der Waals surface area (Å²) in [7, 11) is 0.